The second-order valence-corrected chi connectivity index (χ2v) is 7.96. The number of aromatic nitrogens is 1. The van der Waals surface area contributed by atoms with E-state index in [4.69, 9.17) is 0 Å². The zero-order chi connectivity index (χ0) is 18.8. The Labute approximate surface area is 156 Å². The summed E-state index contributed by atoms with van der Waals surface area (Å²) < 4.78 is 2.21. The van der Waals surface area contributed by atoms with Crippen LogP contribution in [0.25, 0.3) is 0 Å². The van der Waals surface area contributed by atoms with Crippen molar-refractivity contribution in [3.63, 3.8) is 0 Å². The van der Waals surface area contributed by atoms with Crippen LogP contribution >= 0.6 is 0 Å². The van der Waals surface area contributed by atoms with Crippen LogP contribution in [0.1, 0.15) is 67.3 Å². The predicted octanol–water partition coefficient (Wildman–Crippen LogP) is 3.10. The number of urea groups is 1. The summed E-state index contributed by atoms with van der Waals surface area (Å²) in [5.74, 6) is 0.0841. The minimum absolute atomic E-state index is 0.0296. The molecule has 0 radical (unpaired) electrons. The Morgan fingerprint density at radius 3 is 2.15 bits per heavy atom. The zero-order valence-corrected chi connectivity index (χ0v) is 16.5. The molecule has 0 atom stereocenters. The molecule has 0 aromatic carbocycles. The maximum atomic E-state index is 13.0. The fraction of sp³-hybridized carbons (Fsp3) is 0.700. The lowest BCUT2D eigenvalue weighted by Gasteiger charge is -2.35. The first-order valence-electron chi connectivity index (χ1n) is 9.91. The van der Waals surface area contributed by atoms with Gasteiger partial charge in [0.05, 0.1) is 5.56 Å². The molecule has 0 bridgehead atoms. The molecule has 2 aliphatic rings. The van der Waals surface area contributed by atoms with E-state index in [1.54, 1.807) is 0 Å². The number of carbonyl (C=O) groups is 2. The van der Waals surface area contributed by atoms with Gasteiger partial charge in [0.15, 0.2) is 0 Å². The number of hydrogen-bond donors (Lipinski definition) is 1. The first kappa shape index (κ1) is 18.8. The molecule has 2 fully saturated rings. The highest BCUT2D eigenvalue weighted by Crippen LogP contribution is 2.22. The molecule has 2 heterocycles. The fourth-order valence-electron chi connectivity index (χ4n) is 4.41. The lowest BCUT2D eigenvalue weighted by molar-refractivity contribution is 0.0662. The number of carbonyl (C=O) groups excluding carboxylic acids is 2. The van der Waals surface area contributed by atoms with Crippen LogP contribution in [-0.2, 0) is 0 Å². The lowest BCUT2D eigenvalue weighted by atomic mass is 10.2. The third kappa shape index (κ3) is 3.74. The Morgan fingerprint density at radius 1 is 1.04 bits per heavy atom. The number of amides is 3. The summed E-state index contributed by atoms with van der Waals surface area (Å²) in [5, 5.41) is 3.14. The van der Waals surface area contributed by atoms with Crippen LogP contribution < -0.4 is 5.32 Å². The van der Waals surface area contributed by atoms with E-state index in [1.165, 1.54) is 12.8 Å². The van der Waals surface area contributed by atoms with E-state index in [-0.39, 0.29) is 11.9 Å². The number of nitrogens with one attached hydrogen (secondary N) is 1. The Morgan fingerprint density at radius 2 is 1.62 bits per heavy atom. The van der Waals surface area contributed by atoms with Gasteiger partial charge in [-0.3, -0.25) is 4.79 Å². The quantitative estimate of drug-likeness (QED) is 0.900. The number of piperazine rings is 1. The monoisotopic (exact) mass is 360 g/mol. The molecule has 1 saturated carbocycles. The van der Waals surface area contributed by atoms with Gasteiger partial charge < -0.3 is 19.7 Å². The summed E-state index contributed by atoms with van der Waals surface area (Å²) in [5.41, 5.74) is 2.94. The van der Waals surface area contributed by atoms with Crippen molar-refractivity contribution in [3.05, 3.63) is 23.0 Å². The van der Waals surface area contributed by atoms with Gasteiger partial charge in [0.1, 0.15) is 0 Å². The highest BCUT2D eigenvalue weighted by atomic mass is 16.2. The van der Waals surface area contributed by atoms with Crippen molar-refractivity contribution < 1.29 is 9.59 Å². The van der Waals surface area contributed by atoms with E-state index in [0.29, 0.717) is 38.3 Å². The zero-order valence-electron chi connectivity index (χ0n) is 16.5. The highest BCUT2D eigenvalue weighted by Gasteiger charge is 2.28. The predicted molar refractivity (Wildman–Crippen MR) is 103 cm³/mol. The van der Waals surface area contributed by atoms with E-state index in [9.17, 15) is 9.59 Å². The summed E-state index contributed by atoms with van der Waals surface area (Å²) in [6.45, 7) is 10.7. The van der Waals surface area contributed by atoms with Crippen molar-refractivity contribution in [3.8, 4) is 0 Å². The van der Waals surface area contributed by atoms with Crippen molar-refractivity contribution in [1.82, 2.24) is 19.7 Å². The van der Waals surface area contributed by atoms with Crippen LogP contribution in [0.15, 0.2) is 6.07 Å². The molecule has 1 N–H and O–H groups in total. The molecule has 3 amide bonds. The maximum Gasteiger partial charge on any atom is 0.317 e. The molecule has 1 saturated heterocycles. The smallest absolute Gasteiger partial charge is 0.317 e. The van der Waals surface area contributed by atoms with Crippen molar-refractivity contribution in [1.29, 1.82) is 0 Å². The van der Waals surface area contributed by atoms with Gasteiger partial charge in [0.25, 0.3) is 5.91 Å². The molecule has 0 unspecified atom stereocenters. The van der Waals surface area contributed by atoms with Gasteiger partial charge in [-0.15, -0.1) is 0 Å². The molecule has 1 aromatic rings. The molecule has 6 heteroatoms. The van der Waals surface area contributed by atoms with Crippen LogP contribution in [0.5, 0.6) is 0 Å². The molecule has 0 spiro atoms. The molecule has 3 rings (SSSR count). The topological polar surface area (TPSA) is 57.6 Å². The molecule has 1 aliphatic carbocycles. The summed E-state index contributed by atoms with van der Waals surface area (Å²) in [6.07, 6.45) is 4.61. The van der Waals surface area contributed by atoms with Crippen LogP contribution in [0.2, 0.25) is 0 Å². The van der Waals surface area contributed by atoms with E-state index < -0.39 is 0 Å². The van der Waals surface area contributed by atoms with Gasteiger partial charge in [-0.25, -0.2) is 4.79 Å². The van der Waals surface area contributed by atoms with Crippen LogP contribution in [-0.4, -0.2) is 58.5 Å². The highest BCUT2D eigenvalue weighted by molar-refractivity contribution is 5.96. The molecule has 144 valence electrons. The lowest BCUT2D eigenvalue weighted by Crippen LogP contribution is -2.54. The van der Waals surface area contributed by atoms with Crippen LogP contribution in [0, 0.1) is 13.8 Å². The van der Waals surface area contributed by atoms with Crippen molar-refractivity contribution >= 4 is 11.9 Å². The maximum absolute atomic E-state index is 13.0. The van der Waals surface area contributed by atoms with Gasteiger partial charge in [-0.05, 0) is 46.6 Å². The summed E-state index contributed by atoms with van der Waals surface area (Å²) >= 11 is 0. The molecule has 1 aromatic heterocycles. The van der Waals surface area contributed by atoms with Crippen molar-refractivity contribution in [2.24, 2.45) is 0 Å². The Hall–Kier alpha value is -1.98. The molecule has 26 heavy (non-hydrogen) atoms. The third-order valence-electron chi connectivity index (χ3n) is 5.77. The number of rotatable bonds is 3. The summed E-state index contributed by atoms with van der Waals surface area (Å²) in [4.78, 5) is 29.1. The number of hydrogen-bond acceptors (Lipinski definition) is 2. The Bertz CT molecular complexity index is 666. The second kappa shape index (κ2) is 7.72. The normalized spacial score (nSPS) is 18.7. The second-order valence-electron chi connectivity index (χ2n) is 7.96. The summed E-state index contributed by atoms with van der Waals surface area (Å²) in [6, 6.07) is 2.70. The number of nitrogens with zero attached hydrogens (tertiary/aromatic N) is 3. The van der Waals surface area contributed by atoms with Gasteiger partial charge >= 0.3 is 6.03 Å². The molecular formula is C20H32N4O2. The first-order chi connectivity index (χ1) is 12.4. The third-order valence-corrected chi connectivity index (χ3v) is 5.77. The Kier molecular flexibility index (Phi) is 5.58. The fourth-order valence-corrected chi connectivity index (χ4v) is 4.41. The largest absolute Gasteiger partial charge is 0.346 e. The average Bonchev–Trinajstić information content (AvgIpc) is 3.21. The van der Waals surface area contributed by atoms with Gasteiger partial charge in [-0.1, -0.05) is 12.8 Å². The van der Waals surface area contributed by atoms with E-state index in [2.05, 4.69) is 30.7 Å². The van der Waals surface area contributed by atoms with Crippen LogP contribution in [0.4, 0.5) is 4.79 Å². The van der Waals surface area contributed by atoms with E-state index >= 15 is 0 Å². The first-order valence-corrected chi connectivity index (χ1v) is 9.91. The van der Waals surface area contributed by atoms with Gasteiger partial charge in [0, 0.05) is 49.7 Å². The summed E-state index contributed by atoms with van der Waals surface area (Å²) in [7, 11) is 0. The van der Waals surface area contributed by atoms with Gasteiger partial charge in [0.2, 0.25) is 0 Å². The minimum Gasteiger partial charge on any atom is -0.346 e. The Balaban J connectivity index is 1.58. The number of aryl methyl sites for hydroxylation is 1. The van der Waals surface area contributed by atoms with Crippen molar-refractivity contribution in [2.45, 2.75) is 65.5 Å². The molecule has 1 aliphatic heterocycles. The van der Waals surface area contributed by atoms with E-state index in [0.717, 1.165) is 29.8 Å². The minimum atomic E-state index is 0.0296. The molecular weight excluding hydrogens is 328 g/mol. The van der Waals surface area contributed by atoms with Crippen molar-refractivity contribution in [2.75, 3.05) is 26.2 Å². The van der Waals surface area contributed by atoms with E-state index in [1.807, 2.05) is 22.8 Å². The van der Waals surface area contributed by atoms with Crippen LogP contribution in [0.3, 0.4) is 0 Å². The average molecular weight is 361 g/mol. The van der Waals surface area contributed by atoms with Gasteiger partial charge in [-0.2, -0.15) is 0 Å². The standard InChI is InChI=1S/C20H32N4O2/c1-14(2)24-15(3)13-18(16(24)4)19(25)22-9-11-23(12-10-22)20(26)21-17-7-5-6-8-17/h13-14,17H,5-12H2,1-4H3,(H,21,26). The SMILES string of the molecule is Cc1cc(C(=O)N2CCN(C(=O)NC3CCCC3)CC2)c(C)n1C(C)C. The molecule has 6 nitrogen and oxygen atoms in total.